The molecule has 0 aliphatic heterocycles. The van der Waals surface area contributed by atoms with Crippen LogP contribution in [0.1, 0.15) is 55.6 Å². The Kier molecular flexibility index (Phi) is 32.3. The van der Waals surface area contributed by atoms with Crippen molar-refractivity contribution in [2.24, 2.45) is 5.73 Å². The van der Waals surface area contributed by atoms with Gasteiger partial charge in [0.05, 0.1) is 12.6 Å². The van der Waals surface area contributed by atoms with E-state index >= 15 is 0 Å². The van der Waals surface area contributed by atoms with Crippen LogP contribution >= 0.6 is 0 Å². The van der Waals surface area contributed by atoms with Crippen LogP contribution in [0.25, 0.3) is 33.4 Å². The van der Waals surface area contributed by atoms with E-state index in [4.69, 9.17) is 20.0 Å². The molecule has 109 heavy (non-hydrogen) atoms. The number of aliphatic carboxylic acids is 1. The van der Waals surface area contributed by atoms with Crippen molar-refractivity contribution in [1.82, 2.24) is 21.4 Å². The fourth-order valence-corrected chi connectivity index (χ4v) is 11.8. The number of carboxylic acid groups (broad SMARTS) is 1. The van der Waals surface area contributed by atoms with Crippen LogP contribution in [-0.2, 0) is 98.6 Å². The molecule has 0 aromatic heterocycles. The highest BCUT2D eigenvalue weighted by atomic mass is 16.7. The van der Waals surface area contributed by atoms with E-state index in [-0.39, 0.29) is 31.1 Å². The number of esters is 2. The van der Waals surface area contributed by atoms with E-state index < -0.39 is 30.1 Å². The van der Waals surface area contributed by atoms with E-state index in [9.17, 15) is 24.3 Å². The molecule has 4 unspecified atom stereocenters. The second-order valence-electron chi connectivity index (χ2n) is 26.1. The molecule has 550 valence electrons. The maximum atomic E-state index is 12.9. The first-order valence-corrected chi connectivity index (χ1v) is 36.7. The number of ether oxygens (including phenoxy) is 2. The zero-order valence-electron chi connectivity index (χ0n) is 61.1. The summed E-state index contributed by atoms with van der Waals surface area (Å²) < 4.78 is 10.8. The molecule has 0 radical (unpaired) electrons. The third kappa shape index (κ3) is 28.1. The van der Waals surface area contributed by atoms with Crippen molar-refractivity contribution < 1.29 is 38.6 Å². The summed E-state index contributed by atoms with van der Waals surface area (Å²) in [6.07, 6.45) is 2.12. The highest BCUT2D eigenvalue weighted by Gasteiger charge is 2.23. The molecule has 13 aromatic rings. The molecule has 4 atom stereocenters. The second kappa shape index (κ2) is 44.5. The van der Waals surface area contributed by atoms with Gasteiger partial charge in [0.1, 0.15) is 31.3 Å². The molecule has 13 rings (SSSR count). The fraction of sp³-hybridized carbons (Fsp3) is 0.146. The van der Waals surface area contributed by atoms with E-state index in [1.807, 2.05) is 279 Å². The van der Waals surface area contributed by atoms with Gasteiger partial charge in [0, 0.05) is 19.6 Å². The molecule has 0 aliphatic carbocycles. The number of hydrogen-bond acceptors (Lipinski definition) is 11. The maximum absolute atomic E-state index is 12.9. The zero-order chi connectivity index (χ0) is 75.7. The van der Waals surface area contributed by atoms with Crippen molar-refractivity contribution in [1.29, 1.82) is 0 Å². The number of amides is 1. The Morgan fingerprint density at radius 3 is 0.844 bits per heavy atom. The molecule has 0 bridgehead atoms. The first-order chi connectivity index (χ1) is 53.5. The van der Waals surface area contributed by atoms with Crippen molar-refractivity contribution in [3.05, 3.63) is 432 Å². The molecule has 13 aromatic carbocycles. The Bertz CT molecular complexity index is 4720. The molecule has 1 amide bonds. The Balaban J connectivity index is 0.000000158. The van der Waals surface area contributed by atoms with E-state index in [1.54, 1.807) is 0 Å². The number of carboxylic acids is 1. The lowest BCUT2D eigenvalue weighted by Crippen LogP contribution is -2.45. The lowest BCUT2D eigenvalue weighted by atomic mass is 10.0. The van der Waals surface area contributed by atoms with Crippen LogP contribution in [0.3, 0.4) is 0 Å². The number of hydroxylamine groups is 1. The first kappa shape index (κ1) is 79.1. The quantitative estimate of drug-likeness (QED) is 0.0178. The van der Waals surface area contributed by atoms with Crippen molar-refractivity contribution >= 4 is 23.8 Å². The Morgan fingerprint density at radius 2 is 0.514 bits per heavy atom. The van der Waals surface area contributed by atoms with Gasteiger partial charge < -0.3 is 36.3 Å². The van der Waals surface area contributed by atoms with Gasteiger partial charge in [-0.2, -0.15) is 0 Å². The van der Waals surface area contributed by atoms with E-state index in [0.717, 1.165) is 61.2 Å². The van der Waals surface area contributed by atoms with Gasteiger partial charge in [0.25, 0.3) is 5.91 Å². The summed E-state index contributed by atoms with van der Waals surface area (Å²) in [5, 5.41) is 19.4. The number of benzene rings is 13. The van der Waals surface area contributed by atoms with Crippen LogP contribution < -0.4 is 27.2 Å². The van der Waals surface area contributed by atoms with Crippen molar-refractivity contribution in [2.75, 3.05) is 0 Å². The summed E-state index contributed by atoms with van der Waals surface area (Å²) in [5.41, 5.74) is 26.0. The van der Waals surface area contributed by atoms with E-state index in [0.29, 0.717) is 51.9 Å². The maximum Gasteiger partial charge on any atom is 0.323 e. The molecule has 13 heteroatoms. The van der Waals surface area contributed by atoms with Crippen LogP contribution in [0.2, 0.25) is 0 Å². The smallest absolute Gasteiger partial charge is 0.323 e. The van der Waals surface area contributed by atoms with E-state index in [1.165, 1.54) is 27.8 Å². The number of carbonyl (C=O) groups is 4. The molecular formula is C96H93N5O8. The lowest BCUT2D eigenvalue weighted by Gasteiger charge is -2.19. The minimum absolute atomic E-state index is 0.185. The van der Waals surface area contributed by atoms with Crippen molar-refractivity contribution in [3.63, 3.8) is 0 Å². The first-order valence-electron chi connectivity index (χ1n) is 36.7. The van der Waals surface area contributed by atoms with Crippen LogP contribution in [0, 0.1) is 0 Å². The molecule has 0 saturated heterocycles. The molecule has 0 saturated carbocycles. The predicted molar refractivity (Wildman–Crippen MR) is 436 cm³/mol. The fourth-order valence-electron chi connectivity index (χ4n) is 11.8. The summed E-state index contributed by atoms with van der Waals surface area (Å²) in [6, 6.07) is 122. The van der Waals surface area contributed by atoms with Crippen LogP contribution in [-0.4, -0.2) is 53.1 Å². The topological polar surface area (TPSA) is 190 Å². The molecule has 0 aliphatic rings. The molecular weight excluding hydrogens is 1350 g/mol. The Morgan fingerprint density at radius 1 is 0.266 bits per heavy atom. The highest BCUT2D eigenvalue weighted by molar-refractivity contribution is 5.81. The predicted octanol–water partition coefficient (Wildman–Crippen LogP) is 17.5. The van der Waals surface area contributed by atoms with Gasteiger partial charge in [-0.1, -0.05) is 376 Å². The molecule has 13 nitrogen and oxygen atoms in total. The zero-order valence-corrected chi connectivity index (χ0v) is 61.1. The Labute approximate surface area is 640 Å². The second-order valence-corrected chi connectivity index (χ2v) is 26.1. The Hall–Kier alpha value is -12.5. The van der Waals surface area contributed by atoms with Gasteiger partial charge in [0.2, 0.25) is 0 Å². The van der Waals surface area contributed by atoms with Gasteiger partial charge in [-0.15, -0.1) is 0 Å². The number of nitrogens with two attached hydrogens (primary N) is 1. The number of rotatable bonds is 31. The van der Waals surface area contributed by atoms with Crippen LogP contribution in [0.4, 0.5) is 0 Å². The minimum Gasteiger partial charge on any atom is -0.480 e. The normalized spacial score (nSPS) is 11.7. The van der Waals surface area contributed by atoms with Crippen LogP contribution in [0.5, 0.6) is 0 Å². The van der Waals surface area contributed by atoms with Gasteiger partial charge in [-0.05, 0) is 115 Å². The average Bonchev–Trinajstić information content (AvgIpc) is 0.875. The monoisotopic (exact) mass is 1440 g/mol. The summed E-state index contributed by atoms with van der Waals surface area (Å²) in [7, 11) is 0. The molecule has 7 N–H and O–H groups in total. The van der Waals surface area contributed by atoms with Crippen molar-refractivity contribution in [3.8, 4) is 33.4 Å². The molecule has 0 fully saturated rings. The summed E-state index contributed by atoms with van der Waals surface area (Å²) >= 11 is 0. The van der Waals surface area contributed by atoms with E-state index in [2.05, 4.69) is 118 Å². The number of carbonyl (C=O) groups excluding carboxylic acids is 3. The third-order valence-electron chi connectivity index (χ3n) is 17.9. The van der Waals surface area contributed by atoms with Gasteiger partial charge in [-0.3, -0.25) is 24.0 Å². The molecule has 0 heterocycles. The molecule has 0 spiro atoms. The van der Waals surface area contributed by atoms with Gasteiger partial charge in [0.15, 0.2) is 0 Å². The van der Waals surface area contributed by atoms with Gasteiger partial charge in [-0.25, -0.2) is 5.48 Å². The van der Waals surface area contributed by atoms with Crippen LogP contribution in [0.15, 0.2) is 376 Å². The highest BCUT2D eigenvalue weighted by Crippen LogP contribution is 2.23. The number of nitrogens with one attached hydrogen (secondary N) is 4. The minimum atomic E-state index is -0.829. The summed E-state index contributed by atoms with van der Waals surface area (Å²) in [6.45, 7) is 2.57. The standard InChI is InChI=1S/C29H28N2O2.C29H27NO2.C22H21NO2.C16H17NO2/c32-29(31-33-22-25-12-6-2-7-13-25)28(20-23-10-4-1-5-11-23)30-21-24-16-18-27(19-17-24)26-14-8-3-9-15-26;31-29(32-22-25-12-6-2-7-13-25)28(20-23-10-4-1-5-11-23)30-21-24-16-18-27(19-17-24)26-14-8-3-9-15-26;24-22(25)21(15-17-7-3-1-4-8-17)23-16-18-11-13-20(14-12-18)19-9-5-2-6-10-19;17-15(11-13-7-3-1-4-8-13)16(18)19-12-14-9-5-2-6-10-14/h1-19,28,30H,20-22H2,(H,31,32);1-19,28,30H,20-22H2;1-14,21,23H,15-16H2,(H,24,25);1-10,15H,11-12,17H2. The number of hydrogen-bond donors (Lipinski definition) is 6. The lowest BCUT2D eigenvalue weighted by molar-refractivity contribution is -0.148. The largest absolute Gasteiger partial charge is 0.480 e. The van der Waals surface area contributed by atoms with Crippen molar-refractivity contribution in [2.45, 2.75) is 89.3 Å². The SMILES string of the molecule is NC(Cc1ccccc1)C(=O)OCc1ccccc1.O=C(NOCc1ccccc1)C(Cc1ccccc1)NCc1ccc(-c2ccccc2)cc1.O=C(O)C(Cc1ccccc1)NCc1ccc(-c2ccccc2)cc1.O=C(OCc1ccccc1)C(Cc1ccccc1)NCc1ccc(-c2ccccc2)cc1. The third-order valence-corrected chi connectivity index (χ3v) is 17.9. The summed E-state index contributed by atoms with van der Waals surface area (Å²) in [4.78, 5) is 54.5. The summed E-state index contributed by atoms with van der Waals surface area (Å²) in [5.74, 6) is -1.62. The average molecular weight is 1440 g/mol. The van der Waals surface area contributed by atoms with Gasteiger partial charge >= 0.3 is 17.9 Å².